The molecule has 1 fully saturated rings. The third kappa shape index (κ3) is 4.21. The normalized spacial score (nSPS) is 17.0. The molecular weight excluding hydrogens is 360 g/mol. The van der Waals surface area contributed by atoms with Crippen LogP contribution in [0.15, 0.2) is 54.6 Å². The van der Waals surface area contributed by atoms with Gasteiger partial charge in [-0.15, -0.1) is 11.8 Å². The van der Waals surface area contributed by atoms with E-state index in [-0.39, 0.29) is 29.9 Å². The summed E-state index contributed by atoms with van der Waals surface area (Å²) in [6.45, 7) is 0. The number of imide groups is 1. The minimum Gasteiger partial charge on any atom is -0.325 e. The summed E-state index contributed by atoms with van der Waals surface area (Å²) in [5.74, 6) is -0.660. The summed E-state index contributed by atoms with van der Waals surface area (Å²) < 4.78 is 0. The number of amides is 3. The molecule has 7 heteroatoms. The van der Waals surface area contributed by atoms with Gasteiger partial charge in [-0.2, -0.15) is 0 Å². The van der Waals surface area contributed by atoms with Crippen LogP contribution in [0.3, 0.4) is 0 Å². The standard InChI is InChI=1S/C18H15ClN2O3S/c19-12-6-8-13(9-7-12)20-16(22)11-25-15-10-17(23)21(18(15)24)14-4-2-1-3-5-14/h1-9,15H,10-11H2,(H,20,22)/t15-/m1/s1. The molecule has 0 aromatic heterocycles. The SMILES string of the molecule is O=C(CS[C@@H]1CC(=O)N(c2ccccc2)C1=O)Nc1ccc(Cl)cc1. The number of para-hydroxylation sites is 1. The molecule has 0 unspecified atom stereocenters. The number of hydrogen-bond donors (Lipinski definition) is 1. The lowest BCUT2D eigenvalue weighted by Crippen LogP contribution is -2.31. The van der Waals surface area contributed by atoms with Crippen molar-refractivity contribution in [2.75, 3.05) is 16.0 Å². The number of benzene rings is 2. The van der Waals surface area contributed by atoms with Gasteiger partial charge in [-0.1, -0.05) is 29.8 Å². The van der Waals surface area contributed by atoms with Gasteiger partial charge in [-0.05, 0) is 36.4 Å². The van der Waals surface area contributed by atoms with E-state index >= 15 is 0 Å². The number of carbonyl (C=O) groups excluding carboxylic acids is 3. The van der Waals surface area contributed by atoms with Crippen molar-refractivity contribution in [3.63, 3.8) is 0 Å². The zero-order chi connectivity index (χ0) is 17.8. The minimum atomic E-state index is -0.538. The Morgan fingerprint density at radius 3 is 2.48 bits per heavy atom. The Labute approximate surface area is 154 Å². The minimum absolute atomic E-state index is 0.0922. The second kappa shape index (κ2) is 7.72. The van der Waals surface area contributed by atoms with E-state index in [2.05, 4.69) is 5.32 Å². The maximum atomic E-state index is 12.5. The van der Waals surface area contributed by atoms with E-state index in [0.717, 1.165) is 0 Å². The summed E-state index contributed by atoms with van der Waals surface area (Å²) in [6, 6.07) is 15.6. The largest absolute Gasteiger partial charge is 0.325 e. The van der Waals surface area contributed by atoms with Crippen LogP contribution in [0.2, 0.25) is 5.02 Å². The monoisotopic (exact) mass is 374 g/mol. The Bertz CT molecular complexity index is 796. The summed E-state index contributed by atoms with van der Waals surface area (Å²) in [4.78, 5) is 37.8. The lowest BCUT2D eigenvalue weighted by Gasteiger charge is -2.14. The molecule has 0 bridgehead atoms. The second-order valence-electron chi connectivity index (χ2n) is 5.46. The van der Waals surface area contributed by atoms with E-state index in [4.69, 9.17) is 11.6 Å². The quantitative estimate of drug-likeness (QED) is 0.815. The van der Waals surface area contributed by atoms with Crippen molar-refractivity contribution in [1.82, 2.24) is 0 Å². The van der Waals surface area contributed by atoms with Crippen molar-refractivity contribution in [3.8, 4) is 0 Å². The first-order chi connectivity index (χ1) is 12.0. The molecule has 25 heavy (non-hydrogen) atoms. The molecule has 0 spiro atoms. The highest BCUT2D eigenvalue weighted by molar-refractivity contribution is 8.01. The fourth-order valence-electron chi connectivity index (χ4n) is 2.49. The molecule has 3 amide bonds. The molecule has 1 saturated heterocycles. The van der Waals surface area contributed by atoms with Gasteiger partial charge >= 0.3 is 0 Å². The number of rotatable bonds is 5. The van der Waals surface area contributed by atoms with E-state index in [1.807, 2.05) is 6.07 Å². The van der Waals surface area contributed by atoms with Crippen LogP contribution < -0.4 is 10.2 Å². The number of nitrogens with zero attached hydrogens (tertiary/aromatic N) is 1. The van der Waals surface area contributed by atoms with Crippen molar-refractivity contribution in [2.24, 2.45) is 0 Å². The lowest BCUT2D eigenvalue weighted by molar-refractivity contribution is -0.121. The average Bonchev–Trinajstić information content (AvgIpc) is 2.89. The zero-order valence-electron chi connectivity index (χ0n) is 13.1. The van der Waals surface area contributed by atoms with Crippen LogP contribution in [0.5, 0.6) is 0 Å². The van der Waals surface area contributed by atoms with Crippen molar-refractivity contribution < 1.29 is 14.4 Å². The molecule has 5 nitrogen and oxygen atoms in total. The summed E-state index contributed by atoms with van der Waals surface area (Å²) >= 11 is 6.97. The van der Waals surface area contributed by atoms with E-state index < -0.39 is 5.25 Å². The third-order valence-electron chi connectivity index (χ3n) is 3.66. The lowest BCUT2D eigenvalue weighted by atomic mass is 10.3. The number of thioether (sulfide) groups is 1. The van der Waals surface area contributed by atoms with E-state index in [1.165, 1.54) is 16.7 Å². The van der Waals surface area contributed by atoms with Gasteiger partial charge in [0.05, 0.1) is 16.7 Å². The number of hydrogen-bond acceptors (Lipinski definition) is 4. The molecule has 0 saturated carbocycles. The Balaban J connectivity index is 1.57. The molecule has 2 aromatic rings. The first kappa shape index (κ1) is 17.5. The number of anilines is 2. The smallest absolute Gasteiger partial charge is 0.247 e. The highest BCUT2D eigenvalue weighted by Crippen LogP contribution is 2.29. The van der Waals surface area contributed by atoms with Crippen molar-refractivity contribution >= 4 is 52.5 Å². The van der Waals surface area contributed by atoms with Crippen LogP contribution >= 0.6 is 23.4 Å². The molecule has 1 heterocycles. The average molecular weight is 375 g/mol. The van der Waals surface area contributed by atoms with Gasteiger partial charge in [0.2, 0.25) is 17.7 Å². The fraction of sp³-hybridized carbons (Fsp3) is 0.167. The van der Waals surface area contributed by atoms with Gasteiger partial charge in [0.25, 0.3) is 0 Å². The Morgan fingerprint density at radius 2 is 1.80 bits per heavy atom. The van der Waals surface area contributed by atoms with Gasteiger partial charge in [0.1, 0.15) is 0 Å². The highest BCUT2D eigenvalue weighted by atomic mass is 35.5. The fourth-order valence-corrected chi connectivity index (χ4v) is 3.55. The molecule has 1 aliphatic rings. The van der Waals surface area contributed by atoms with Crippen molar-refractivity contribution in [2.45, 2.75) is 11.7 Å². The molecular formula is C18H15ClN2O3S. The molecule has 0 radical (unpaired) electrons. The van der Waals surface area contributed by atoms with Gasteiger partial charge < -0.3 is 5.32 Å². The van der Waals surface area contributed by atoms with Crippen molar-refractivity contribution in [3.05, 3.63) is 59.6 Å². The van der Waals surface area contributed by atoms with Gasteiger partial charge in [0.15, 0.2) is 0 Å². The van der Waals surface area contributed by atoms with Crippen LogP contribution in [0.4, 0.5) is 11.4 Å². The molecule has 1 aliphatic heterocycles. The van der Waals surface area contributed by atoms with Gasteiger partial charge in [-0.3, -0.25) is 14.4 Å². The first-order valence-corrected chi connectivity index (χ1v) is 9.06. The Kier molecular flexibility index (Phi) is 5.40. The van der Waals surface area contributed by atoms with Crippen LogP contribution in [0, 0.1) is 0 Å². The predicted octanol–water partition coefficient (Wildman–Crippen LogP) is 3.34. The van der Waals surface area contributed by atoms with E-state index in [1.54, 1.807) is 48.5 Å². The van der Waals surface area contributed by atoms with Crippen molar-refractivity contribution in [1.29, 1.82) is 0 Å². The van der Waals surface area contributed by atoms with Crippen LogP contribution in [0.25, 0.3) is 0 Å². The number of nitrogens with one attached hydrogen (secondary N) is 1. The predicted molar refractivity (Wildman–Crippen MR) is 99.9 cm³/mol. The number of carbonyl (C=O) groups is 3. The Morgan fingerprint density at radius 1 is 1.12 bits per heavy atom. The van der Waals surface area contributed by atoms with Crippen LogP contribution in [0.1, 0.15) is 6.42 Å². The van der Waals surface area contributed by atoms with Crippen LogP contribution in [-0.4, -0.2) is 28.7 Å². The second-order valence-corrected chi connectivity index (χ2v) is 7.09. The highest BCUT2D eigenvalue weighted by Gasteiger charge is 2.39. The first-order valence-electron chi connectivity index (χ1n) is 7.63. The Hall–Kier alpha value is -2.31. The third-order valence-corrected chi connectivity index (χ3v) is 5.11. The maximum absolute atomic E-state index is 12.5. The summed E-state index contributed by atoms with van der Waals surface area (Å²) in [7, 11) is 0. The molecule has 1 atom stereocenters. The van der Waals surface area contributed by atoms with Crippen LogP contribution in [-0.2, 0) is 14.4 Å². The molecule has 1 N–H and O–H groups in total. The molecule has 2 aromatic carbocycles. The molecule has 3 rings (SSSR count). The van der Waals surface area contributed by atoms with Gasteiger partial charge in [0, 0.05) is 17.1 Å². The molecule has 128 valence electrons. The number of halogens is 1. The van der Waals surface area contributed by atoms with Gasteiger partial charge in [-0.25, -0.2) is 4.90 Å². The topological polar surface area (TPSA) is 66.5 Å². The zero-order valence-corrected chi connectivity index (χ0v) is 14.7. The summed E-state index contributed by atoms with van der Waals surface area (Å²) in [6.07, 6.45) is 0.104. The maximum Gasteiger partial charge on any atom is 0.247 e. The summed E-state index contributed by atoms with van der Waals surface area (Å²) in [5, 5.41) is 2.78. The molecule has 0 aliphatic carbocycles. The summed E-state index contributed by atoms with van der Waals surface area (Å²) in [5.41, 5.74) is 1.20. The van der Waals surface area contributed by atoms with E-state index in [9.17, 15) is 14.4 Å². The van der Waals surface area contributed by atoms with E-state index in [0.29, 0.717) is 16.4 Å².